The number of ether oxygens (including phenoxy) is 1. The van der Waals surface area contributed by atoms with Gasteiger partial charge in [-0.15, -0.1) is 0 Å². The van der Waals surface area contributed by atoms with E-state index in [9.17, 15) is 0 Å². The fourth-order valence-electron chi connectivity index (χ4n) is 2.98. The second kappa shape index (κ2) is 7.87. The minimum atomic E-state index is 0.852. The number of hydrogen-bond donors (Lipinski definition) is 0. The van der Waals surface area contributed by atoms with Crippen LogP contribution in [0.2, 0.25) is 0 Å². The summed E-state index contributed by atoms with van der Waals surface area (Å²) in [6, 6.07) is 16.8. The van der Waals surface area contributed by atoms with Crippen molar-refractivity contribution in [1.29, 1.82) is 0 Å². The van der Waals surface area contributed by atoms with Gasteiger partial charge in [0.2, 0.25) is 0 Å². The van der Waals surface area contributed by atoms with Gasteiger partial charge in [0, 0.05) is 26.8 Å². The highest BCUT2D eigenvalue weighted by Crippen LogP contribution is 2.32. The van der Waals surface area contributed by atoms with Crippen LogP contribution in [0, 0.1) is 0 Å². The maximum atomic E-state index is 5.43. The van der Waals surface area contributed by atoms with Crippen molar-refractivity contribution in [3.8, 4) is 5.75 Å². The highest BCUT2D eigenvalue weighted by Gasteiger charge is 2.12. The number of benzene rings is 2. The van der Waals surface area contributed by atoms with Crippen molar-refractivity contribution in [3.05, 3.63) is 89.5 Å². The molecule has 1 aliphatic carbocycles. The summed E-state index contributed by atoms with van der Waals surface area (Å²) in [4.78, 5) is 6.34. The Balaban J connectivity index is 2.15. The zero-order valence-electron chi connectivity index (χ0n) is 15.7. The van der Waals surface area contributed by atoms with Crippen LogP contribution >= 0.6 is 0 Å². The standard InChI is InChI=1S/C23H24N2O/c1-24-20-12-8-17(9-13-20)23(19-6-5-7-22(16-19)26-4)18-10-14-21(15-11-18)25(2)3/h5-16H,1-4H3. The summed E-state index contributed by atoms with van der Waals surface area (Å²) in [5.41, 5.74) is 6.79. The van der Waals surface area contributed by atoms with E-state index in [1.807, 2.05) is 31.3 Å². The average molecular weight is 344 g/mol. The second-order valence-electron chi connectivity index (χ2n) is 6.32. The molecule has 0 saturated heterocycles. The summed E-state index contributed by atoms with van der Waals surface area (Å²) in [5.74, 6) is 0.852. The molecule has 132 valence electrons. The predicted molar refractivity (Wildman–Crippen MR) is 111 cm³/mol. The molecule has 0 heterocycles. The Labute approximate surface area is 155 Å². The van der Waals surface area contributed by atoms with E-state index < -0.39 is 0 Å². The van der Waals surface area contributed by atoms with Gasteiger partial charge in [0.05, 0.1) is 12.8 Å². The van der Waals surface area contributed by atoms with Gasteiger partial charge < -0.3 is 9.64 Å². The molecule has 0 atom stereocenters. The number of nitrogens with zero attached hydrogens (tertiary/aromatic N) is 2. The first kappa shape index (κ1) is 17.7. The van der Waals surface area contributed by atoms with Gasteiger partial charge in [0.25, 0.3) is 0 Å². The lowest BCUT2D eigenvalue weighted by molar-refractivity contribution is 0.414. The Morgan fingerprint density at radius 2 is 1.58 bits per heavy atom. The van der Waals surface area contributed by atoms with Crippen molar-refractivity contribution >= 4 is 17.0 Å². The van der Waals surface area contributed by atoms with Crippen LogP contribution < -0.4 is 9.64 Å². The lowest BCUT2D eigenvalue weighted by Gasteiger charge is -2.17. The molecule has 0 bridgehead atoms. The summed E-state index contributed by atoms with van der Waals surface area (Å²) in [6.45, 7) is 0. The van der Waals surface area contributed by atoms with Gasteiger partial charge in [-0.2, -0.15) is 0 Å². The van der Waals surface area contributed by atoms with Gasteiger partial charge in [-0.05, 0) is 58.7 Å². The van der Waals surface area contributed by atoms with Crippen molar-refractivity contribution in [2.24, 2.45) is 4.99 Å². The first-order chi connectivity index (χ1) is 12.6. The van der Waals surface area contributed by atoms with E-state index in [-0.39, 0.29) is 0 Å². The highest BCUT2D eigenvalue weighted by atomic mass is 16.5. The third kappa shape index (κ3) is 3.77. The number of hydrogen-bond acceptors (Lipinski definition) is 3. The second-order valence-corrected chi connectivity index (χ2v) is 6.32. The quantitative estimate of drug-likeness (QED) is 0.799. The van der Waals surface area contributed by atoms with Gasteiger partial charge in [0.15, 0.2) is 0 Å². The molecule has 3 nitrogen and oxygen atoms in total. The molecule has 0 aliphatic heterocycles. The third-order valence-corrected chi connectivity index (χ3v) is 4.44. The van der Waals surface area contributed by atoms with E-state index in [2.05, 4.69) is 72.5 Å². The third-order valence-electron chi connectivity index (χ3n) is 4.44. The van der Waals surface area contributed by atoms with E-state index in [1.54, 1.807) is 7.11 Å². The maximum Gasteiger partial charge on any atom is 0.119 e. The molecule has 26 heavy (non-hydrogen) atoms. The summed E-state index contributed by atoms with van der Waals surface area (Å²) in [6.07, 6.45) is 8.33. The molecule has 3 heteroatoms. The van der Waals surface area contributed by atoms with Crippen LogP contribution in [0.1, 0.15) is 11.1 Å². The first-order valence-corrected chi connectivity index (χ1v) is 8.62. The number of allylic oxidation sites excluding steroid dienone is 5. The van der Waals surface area contributed by atoms with Crippen LogP contribution in [0.3, 0.4) is 0 Å². The topological polar surface area (TPSA) is 24.8 Å². The monoisotopic (exact) mass is 344 g/mol. The minimum Gasteiger partial charge on any atom is -0.497 e. The van der Waals surface area contributed by atoms with Gasteiger partial charge in [-0.1, -0.05) is 36.4 Å². The van der Waals surface area contributed by atoms with Gasteiger partial charge in [-0.3, -0.25) is 4.99 Å². The summed E-state index contributed by atoms with van der Waals surface area (Å²) >= 11 is 0. The summed E-state index contributed by atoms with van der Waals surface area (Å²) in [7, 11) is 7.60. The lowest BCUT2D eigenvalue weighted by atomic mass is 9.90. The fourth-order valence-corrected chi connectivity index (χ4v) is 2.98. The number of anilines is 1. The molecule has 0 aromatic heterocycles. The zero-order valence-corrected chi connectivity index (χ0v) is 15.7. The molecule has 1 aliphatic rings. The van der Waals surface area contributed by atoms with E-state index >= 15 is 0 Å². The molecule has 0 radical (unpaired) electrons. The molecule has 0 fully saturated rings. The van der Waals surface area contributed by atoms with Crippen molar-refractivity contribution in [2.45, 2.75) is 0 Å². The fraction of sp³-hybridized carbons (Fsp3) is 0.174. The molecular weight excluding hydrogens is 320 g/mol. The summed E-state index contributed by atoms with van der Waals surface area (Å²) < 4.78 is 5.43. The Morgan fingerprint density at radius 3 is 2.15 bits per heavy atom. The molecular formula is C23H24N2O. The normalized spacial score (nSPS) is 12.9. The van der Waals surface area contributed by atoms with Crippen molar-refractivity contribution in [1.82, 2.24) is 0 Å². The molecule has 0 unspecified atom stereocenters. The highest BCUT2D eigenvalue weighted by molar-refractivity contribution is 6.07. The van der Waals surface area contributed by atoms with E-state index in [1.165, 1.54) is 16.8 Å². The molecule has 0 spiro atoms. The van der Waals surface area contributed by atoms with Gasteiger partial charge in [-0.25, -0.2) is 0 Å². The van der Waals surface area contributed by atoms with E-state index in [4.69, 9.17) is 4.74 Å². The van der Waals surface area contributed by atoms with Crippen LogP contribution in [0.4, 0.5) is 5.69 Å². The number of rotatable bonds is 4. The Hall–Kier alpha value is -3.07. The largest absolute Gasteiger partial charge is 0.497 e. The van der Waals surface area contributed by atoms with Gasteiger partial charge in [0.1, 0.15) is 5.75 Å². The van der Waals surface area contributed by atoms with Gasteiger partial charge >= 0.3 is 0 Å². The smallest absolute Gasteiger partial charge is 0.119 e. The van der Waals surface area contributed by atoms with Crippen LogP contribution in [0.5, 0.6) is 5.75 Å². The summed E-state index contributed by atoms with van der Waals surface area (Å²) in [5, 5.41) is 0. The molecule has 0 N–H and O–H groups in total. The van der Waals surface area contributed by atoms with E-state index in [0.717, 1.165) is 22.6 Å². The number of aliphatic imine (C=N–C) groups is 1. The Bertz CT molecular complexity index is 882. The van der Waals surface area contributed by atoms with Crippen molar-refractivity contribution < 1.29 is 4.74 Å². The molecule has 0 saturated carbocycles. The van der Waals surface area contributed by atoms with Crippen LogP contribution in [0.25, 0.3) is 5.57 Å². The van der Waals surface area contributed by atoms with E-state index in [0.29, 0.717) is 0 Å². The maximum absolute atomic E-state index is 5.43. The van der Waals surface area contributed by atoms with Crippen LogP contribution in [-0.4, -0.2) is 34.0 Å². The molecule has 0 amide bonds. The van der Waals surface area contributed by atoms with Crippen LogP contribution in [-0.2, 0) is 0 Å². The minimum absolute atomic E-state index is 0.852. The first-order valence-electron chi connectivity index (χ1n) is 8.62. The van der Waals surface area contributed by atoms with Crippen LogP contribution in [0.15, 0.2) is 83.4 Å². The predicted octanol–water partition coefficient (Wildman–Crippen LogP) is 4.76. The van der Waals surface area contributed by atoms with Crippen molar-refractivity contribution in [2.75, 3.05) is 33.2 Å². The molecule has 2 aromatic carbocycles. The molecule has 2 aromatic rings. The zero-order chi connectivity index (χ0) is 18.5. The number of methoxy groups -OCH3 is 1. The Kier molecular flexibility index (Phi) is 5.37. The lowest BCUT2D eigenvalue weighted by Crippen LogP contribution is -2.08. The molecule has 3 rings (SSSR count). The SMILES string of the molecule is CN=C1C=CC(=C(c2ccc(N(C)C)cc2)c2cccc(OC)c2)C=C1. The average Bonchev–Trinajstić information content (AvgIpc) is 2.69. The Morgan fingerprint density at radius 1 is 0.885 bits per heavy atom. The van der Waals surface area contributed by atoms with Crippen molar-refractivity contribution in [3.63, 3.8) is 0 Å².